The number of nitrogens with one attached hydrogen (secondary N) is 1. The summed E-state index contributed by atoms with van der Waals surface area (Å²) < 4.78 is 14.4. The third-order valence-corrected chi connectivity index (χ3v) is 7.32. The first-order chi connectivity index (χ1) is 15.8. The minimum absolute atomic E-state index is 0.106. The highest BCUT2D eigenvalue weighted by atomic mass is 79.9. The van der Waals surface area contributed by atoms with Crippen molar-refractivity contribution in [2.45, 2.75) is 65.1 Å². The molecule has 0 saturated carbocycles. The highest BCUT2D eigenvalue weighted by Crippen LogP contribution is 2.48. The maximum Gasteiger partial charge on any atom is 0.227 e. The summed E-state index contributed by atoms with van der Waals surface area (Å²) in [5, 5.41) is 8.95. The van der Waals surface area contributed by atoms with Crippen LogP contribution in [0.5, 0.6) is 11.5 Å². The molecule has 0 spiro atoms. The van der Waals surface area contributed by atoms with Crippen LogP contribution in [-0.2, 0) is 4.79 Å². The van der Waals surface area contributed by atoms with E-state index in [1.165, 1.54) is 0 Å². The van der Waals surface area contributed by atoms with E-state index in [9.17, 15) is 4.79 Å². The van der Waals surface area contributed by atoms with Crippen LogP contribution in [-0.4, -0.2) is 39.5 Å². The van der Waals surface area contributed by atoms with Crippen molar-refractivity contribution in [1.29, 1.82) is 0 Å². The normalized spacial score (nSPS) is 19.1. The van der Waals surface area contributed by atoms with Crippen molar-refractivity contribution in [2.75, 3.05) is 24.3 Å². The van der Waals surface area contributed by atoms with Crippen LogP contribution in [0, 0.1) is 5.41 Å². The molecule has 1 N–H and O–H groups in total. The fraction of sp³-hybridized carbons (Fsp3) is 0.542. The first kappa shape index (κ1) is 24.1. The number of fused-ring (bicyclic) bond motifs is 1. The first-order valence-corrected chi connectivity index (χ1v) is 13.3. The first-order valence-electron chi connectivity index (χ1n) is 11.5. The molecule has 1 aliphatic carbocycles. The summed E-state index contributed by atoms with van der Waals surface area (Å²) in [4.78, 5) is 18.2. The summed E-state index contributed by atoms with van der Waals surface area (Å²) in [6.07, 6.45) is 2.32. The number of hydrogen-bond donors (Lipinski definition) is 1. The molecule has 2 aromatic rings. The number of hydrogen-bond acceptors (Lipinski definition) is 7. The molecule has 0 saturated heterocycles. The van der Waals surface area contributed by atoms with Gasteiger partial charge in [0.15, 0.2) is 17.3 Å². The third kappa shape index (κ3) is 4.80. The van der Waals surface area contributed by atoms with Gasteiger partial charge in [0.2, 0.25) is 11.1 Å². The number of Topliss-reactive ketones (excluding diaryl/α,β-unsaturated/α-hetero) is 1. The van der Waals surface area contributed by atoms with Gasteiger partial charge in [0, 0.05) is 23.4 Å². The molecule has 4 rings (SSSR count). The molecular weight excluding hydrogens is 504 g/mol. The molecule has 7 nitrogen and oxygen atoms in total. The van der Waals surface area contributed by atoms with Gasteiger partial charge in [-0.05, 0) is 65.7 Å². The van der Waals surface area contributed by atoms with Crippen LogP contribution >= 0.6 is 27.7 Å². The second-order valence-electron chi connectivity index (χ2n) is 9.07. The van der Waals surface area contributed by atoms with Crippen molar-refractivity contribution in [3.05, 3.63) is 33.4 Å². The summed E-state index contributed by atoms with van der Waals surface area (Å²) in [7, 11) is 0. The molecule has 0 fully saturated rings. The summed E-state index contributed by atoms with van der Waals surface area (Å²) in [5.41, 5.74) is 2.51. The predicted molar refractivity (Wildman–Crippen MR) is 134 cm³/mol. The highest BCUT2D eigenvalue weighted by Gasteiger charge is 2.42. The van der Waals surface area contributed by atoms with E-state index in [1.54, 1.807) is 11.8 Å². The second kappa shape index (κ2) is 9.70. The van der Waals surface area contributed by atoms with Crippen molar-refractivity contribution < 1.29 is 14.3 Å². The number of anilines is 1. The maximum absolute atomic E-state index is 13.4. The molecule has 1 aromatic carbocycles. The number of carbonyl (C=O) groups excluding carboxylic acids is 1. The molecule has 1 unspecified atom stereocenters. The second-order valence-corrected chi connectivity index (χ2v) is 11.0. The lowest BCUT2D eigenvalue weighted by Crippen LogP contribution is -2.36. The number of carbonyl (C=O) groups is 1. The van der Waals surface area contributed by atoms with Crippen LogP contribution in [0.1, 0.15) is 65.5 Å². The Hall–Kier alpha value is -2.00. The Bertz CT molecular complexity index is 1100. The van der Waals surface area contributed by atoms with E-state index in [-0.39, 0.29) is 17.2 Å². The van der Waals surface area contributed by atoms with Crippen molar-refractivity contribution in [3.8, 4) is 11.5 Å². The topological polar surface area (TPSA) is 78.3 Å². The van der Waals surface area contributed by atoms with E-state index < -0.39 is 0 Å². The van der Waals surface area contributed by atoms with E-state index in [4.69, 9.17) is 19.6 Å². The molecule has 0 radical (unpaired) electrons. The number of nitrogens with zero attached hydrogens (tertiary/aromatic N) is 3. The zero-order valence-electron chi connectivity index (χ0n) is 19.8. The largest absolute Gasteiger partial charge is 0.490 e. The SMILES string of the molecule is CCCSc1nc2n(n1)C(c1cc(Br)c(OCC)c(OCC)c1)C1=C(CC(C)(C)CC1=O)N2. The maximum atomic E-state index is 13.4. The molecule has 2 aliphatic rings. The number of thioether (sulfide) groups is 1. The van der Waals surface area contributed by atoms with Crippen LogP contribution in [0.2, 0.25) is 0 Å². The molecule has 33 heavy (non-hydrogen) atoms. The Kier molecular flexibility index (Phi) is 7.09. The molecule has 1 aliphatic heterocycles. The van der Waals surface area contributed by atoms with Crippen molar-refractivity contribution in [2.24, 2.45) is 5.41 Å². The van der Waals surface area contributed by atoms with E-state index in [0.717, 1.165) is 39.9 Å². The molecule has 2 heterocycles. The molecular formula is C24H31BrN4O3S. The van der Waals surface area contributed by atoms with E-state index in [1.807, 2.05) is 30.7 Å². The lowest BCUT2D eigenvalue weighted by atomic mass is 9.73. The van der Waals surface area contributed by atoms with Gasteiger partial charge in [0.1, 0.15) is 6.04 Å². The smallest absolute Gasteiger partial charge is 0.227 e. The van der Waals surface area contributed by atoms with Gasteiger partial charge in [0.25, 0.3) is 0 Å². The fourth-order valence-electron chi connectivity index (χ4n) is 4.45. The zero-order chi connectivity index (χ0) is 23.8. The van der Waals surface area contributed by atoms with Crippen LogP contribution in [0.15, 0.2) is 33.0 Å². The molecule has 178 valence electrons. The summed E-state index contributed by atoms with van der Waals surface area (Å²) >= 11 is 5.29. The molecule has 9 heteroatoms. The quantitative estimate of drug-likeness (QED) is 0.416. The molecule has 0 amide bonds. The van der Waals surface area contributed by atoms with Gasteiger partial charge in [0.05, 0.1) is 17.7 Å². The fourth-order valence-corrected chi connectivity index (χ4v) is 5.70. The summed E-state index contributed by atoms with van der Waals surface area (Å²) in [6.45, 7) is 11.3. The van der Waals surface area contributed by atoms with Gasteiger partial charge in [-0.2, -0.15) is 4.98 Å². The van der Waals surface area contributed by atoms with E-state index >= 15 is 0 Å². The van der Waals surface area contributed by atoms with Crippen molar-refractivity contribution in [1.82, 2.24) is 14.8 Å². The van der Waals surface area contributed by atoms with Crippen LogP contribution in [0.3, 0.4) is 0 Å². The lowest BCUT2D eigenvalue weighted by molar-refractivity contribution is -0.118. The number of halogens is 1. The average molecular weight is 536 g/mol. The van der Waals surface area contributed by atoms with Crippen molar-refractivity contribution in [3.63, 3.8) is 0 Å². The summed E-state index contributed by atoms with van der Waals surface area (Å²) in [6, 6.07) is 3.59. The minimum atomic E-state index is -0.380. The van der Waals surface area contributed by atoms with Crippen LogP contribution in [0.25, 0.3) is 0 Å². The summed E-state index contributed by atoms with van der Waals surface area (Å²) in [5.74, 6) is 3.07. The Morgan fingerprint density at radius 2 is 1.97 bits per heavy atom. The van der Waals surface area contributed by atoms with Gasteiger partial charge < -0.3 is 14.8 Å². The number of allylic oxidation sites excluding steroid dienone is 2. The zero-order valence-corrected chi connectivity index (χ0v) is 22.2. The number of ketones is 1. The number of ether oxygens (including phenoxy) is 2. The standard InChI is InChI=1S/C24H31BrN4O3S/c1-6-9-33-23-27-22-26-16-12-24(4,5)13-17(30)19(16)20(29(22)28-23)14-10-15(25)21(32-8-3)18(11-14)31-7-2/h10-11,20H,6-9,12-13H2,1-5H3,(H,26,27,28). The Morgan fingerprint density at radius 3 is 2.67 bits per heavy atom. The van der Waals surface area contributed by atoms with E-state index in [0.29, 0.717) is 42.2 Å². The van der Waals surface area contributed by atoms with Gasteiger partial charge in [-0.15, -0.1) is 5.10 Å². The Labute approximate surface area is 207 Å². The Morgan fingerprint density at radius 1 is 1.21 bits per heavy atom. The van der Waals surface area contributed by atoms with Gasteiger partial charge >= 0.3 is 0 Å². The Balaban J connectivity index is 1.88. The van der Waals surface area contributed by atoms with Gasteiger partial charge in [-0.25, -0.2) is 4.68 Å². The van der Waals surface area contributed by atoms with Crippen molar-refractivity contribution >= 4 is 39.4 Å². The van der Waals surface area contributed by atoms with E-state index in [2.05, 4.69) is 42.0 Å². The third-order valence-electron chi connectivity index (χ3n) is 5.68. The van der Waals surface area contributed by atoms with Gasteiger partial charge in [-0.3, -0.25) is 4.79 Å². The molecule has 1 aromatic heterocycles. The van der Waals surface area contributed by atoms with Gasteiger partial charge in [-0.1, -0.05) is 32.5 Å². The highest BCUT2D eigenvalue weighted by molar-refractivity contribution is 9.10. The van der Waals surface area contributed by atoms with Crippen LogP contribution in [0.4, 0.5) is 5.95 Å². The monoisotopic (exact) mass is 534 g/mol. The molecule has 1 atom stereocenters. The average Bonchev–Trinajstić information content (AvgIpc) is 3.14. The van der Waals surface area contributed by atoms with Crippen LogP contribution < -0.4 is 14.8 Å². The number of aromatic nitrogens is 3. The lowest BCUT2D eigenvalue weighted by Gasteiger charge is -2.38. The molecule has 0 bridgehead atoms. The number of rotatable bonds is 8. The predicted octanol–water partition coefficient (Wildman–Crippen LogP) is 6.00. The minimum Gasteiger partial charge on any atom is -0.490 e. The number of benzene rings is 1.